The largest absolute Gasteiger partial charge is 0.369 e. The van der Waals surface area contributed by atoms with Gasteiger partial charge in [-0.2, -0.15) is 0 Å². The van der Waals surface area contributed by atoms with E-state index in [1.807, 2.05) is 6.92 Å². The van der Waals surface area contributed by atoms with E-state index in [0.29, 0.717) is 0 Å². The first-order valence-electron chi connectivity index (χ1n) is 4.80. The van der Waals surface area contributed by atoms with Gasteiger partial charge in [0.1, 0.15) is 6.10 Å². The van der Waals surface area contributed by atoms with Crippen molar-refractivity contribution in [2.24, 2.45) is 0 Å². The average molecular weight is 168 g/mol. The second-order valence-corrected chi connectivity index (χ2v) is 2.97. The Bertz CT molecular complexity index is 141. The predicted molar refractivity (Wildman–Crippen MR) is 53.0 cm³/mol. The van der Waals surface area contributed by atoms with Crippen LogP contribution in [0.3, 0.4) is 0 Å². The van der Waals surface area contributed by atoms with Crippen molar-refractivity contribution in [3.8, 4) is 11.8 Å². The summed E-state index contributed by atoms with van der Waals surface area (Å²) >= 11 is 0. The van der Waals surface area contributed by atoms with Gasteiger partial charge in [-0.25, -0.2) is 0 Å². The van der Waals surface area contributed by atoms with E-state index in [-0.39, 0.29) is 6.10 Å². The summed E-state index contributed by atoms with van der Waals surface area (Å²) in [5.74, 6) is 5.92. The highest BCUT2D eigenvalue weighted by molar-refractivity contribution is 5.02. The van der Waals surface area contributed by atoms with Gasteiger partial charge in [-0.1, -0.05) is 32.1 Å². The molecule has 12 heavy (non-hydrogen) atoms. The van der Waals surface area contributed by atoms with Crippen LogP contribution < -0.4 is 0 Å². The van der Waals surface area contributed by atoms with Crippen molar-refractivity contribution in [2.45, 2.75) is 52.1 Å². The molecule has 70 valence electrons. The second-order valence-electron chi connectivity index (χ2n) is 2.97. The molecule has 0 amide bonds. The molecule has 0 saturated heterocycles. The SMILES string of the molecule is CC#CC(CCCCCC)OC. The van der Waals surface area contributed by atoms with Crippen LogP contribution in [0.2, 0.25) is 0 Å². The number of unbranched alkanes of at least 4 members (excludes halogenated alkanes) is 3. The molecule has 0 aliphatic carbocycles. The van der Waals surface area contributed by atoms with Crippen molar-refractivity contribution in [3.05, 3.63) is 0 Å². The molecule has 0 bridgehead atoms. The third-order valence-corrected chi connectivity index (χ3v) is 1.91. The zero-order valence-electron chi connectivity index (χ0n) is 8.52. The lowest BCUT2D eigenvalue weighted by Gasteiger charge is -2.07. The lowest BCUT2D eigenvalue weighted by atomic mass is 10.1. The normalized spacial score (nSPS) is 11.9. The third kappa shape index (κ3) is 6.24. The van der Waals surface area contributed by atoms with Crippen LogP contribution in [0.5, 0.6) is 0 Å². The quantitative estimate of drug-likeness (QED) is 0.437. The molecule has 0 spiro atoms. The topological polar surface area (TPSA) is 9.23 Å². The zero-order valence-corrected chi connectivity index (χ0v) is 8.52. The molecule has 0 heterocycles. The number of rotatable bonds is 6. The molecule has 0 saturated carbocycles. The number of hydrogen-bond acceptors (Lipinski definition) is 1. The maximum Gasteiger partial charge on any atom is 0.117 e. The summed E-state index contributed by atoms with van der Waals surface area (Å²) in [6.45, 7) is 4.08. The molecular formula is C11H20O. The van der Waals surface area contributed by atoms with Crippen LogP contribution in [0.1, 0.15) is 46.0 Å². The van der Waals surface area contributed by atoms with Gasteiger partial charge >= 0.3 is 0 Å². The van der Waals surface area contributed by atoms with Gasteiger partial charge in [0.05, 0.1) is 0 Å². The molecule has 0 aliphatic rings. The highest BCUT2D eigenvalue weighted by Crippen LogP contribution is 2.06. The van der Waals surface area contributed by atoms with Crippen molar-refractivity contribution < 1.29 is 4.74 Å². The van der Waals surface area contributed by atoms with Crippen molar-refractivity contribution in [3.63, 3.8) is 0 Å². The molecule has 0 radical (unpaired) electrons. The van der Waals surface area contributed by atoms with Crippen LogP contribution in [0.4, 0.5) is 0 Å². The molecule has 0 aromatic heterocycles. The Balaban J connectivity index is 3.36. The van der Waals surface area contributed by atoms with Gasteiger partial charge in [0, 0.05) is 7.11 Å². The molecule has 0 fully saturated rings. The lowest BCUT2D eigenvalue weighted by Crippen LogP contribution is -2.06. The summed E-state index contributed by atoms with van der Waals surface area (Å²) in [5, 5.41) is 0. The first-order chi connectivity index (χ1) is 5.85. The van der Waals surface area contributed by atoms with E-state index < -0.39 is 0 Å². The van der Waals surface area contributed by atoms with E-state index in [9.17, 15) is 0 Å². The third-order valence-electron chi connectivity index (χ3n) is 1.91. The van der Waals surface area contributed by atoms with Gasteiger partial charge in [0.25, 0.3) is 0 Å². The van der Waals surface area contributed by atoms with Crippen LogP contribution in [-0.2, 0) is 4.74 Å². The molecule has 0 aromatic rings. The Kier molecular flexibility index (Phi) is 8.27. The van der Waals surface area contributed by atoms with Gasteiger partial charge in [0.2, 0.25) is 0 Å². The maximum absolute atomic E-state index is 5.20. The van der Waals surface area contributed by atoms with E-state index in [0.717, 1.165) is 6.42 Å². The lowest BCUT2D eigenvalue weighted by molar-refractivity contribution is 0.138. The molecule has 0 aliphatic heterocycles. The minimum atomic E-state index is 0.159. The van der Waals surface area contributed by atoms with Crippen molar-refractivity contribution in [2.75, 3.05) is 7.11 Å². The maximum atomic E-state index is 5.20. The first kappa shape index (κ1) is 11.5. The monoisotopic (exact) mass is 168 g/mol. The Morgan fingerprint density at radius 3 is 2.50 bits per heavy atom. The van der Waals surface area contributed by atoms with Gasteiger partial charge in [-0.3, -0.25) is 0 Å². The fourth-order valence-electron chi connectivity index (χ4n) is 1.17. The molecule has 0 aromatic carbocycles. The molecule has 1 unspecified atom stereocenters. The summed E-state index contributed by atoms with van der Waals surface area (Å²) in [4.78, 5) is 0. The fourth-order valence-corrected chi connectivity index (χ4v) is 1.17. The van der Waals surface area contributed by atoms with Gasteiger partial charge in [-0.15, -0.1) is 5.92 Å². The molecule has 1 atom stereocenters. The molecular weight excluding hydrogens is 148 g/mol. The van der Waals surface area contributed by atoms with Gasteiger partial charge < -0.3 is 4.74 Å². The van der Waals surface area contributed by atoms with Crippen molar-refractivity contribution in [1.29, 1.82) is 0 Å². The number of methoxy groups -OCH3 is 1. The van der Waals surface area contributed by atoms with Crippen LogP contribution >= 0.6 is 0 Å². The minimum absolute atomic E-state index is 0.159. The molecule has 1 heteroatoms. The van der Waals surface area contributed by atoms with Crippen LogP contribution in [-0.4, -0.2) is 13.2 Å². The first-order valence-corrected chi connectivity index (χ1v) is 4.80. The van der Waals surface area contributed by atoms with Crippen molar-refractivity contribution in [1.82, 2.24) is 0 Å². The second kappa shape index (κ2) is 8.62. The zero-order chi connectivity index (χ0) is 9.23. The summed E-state index contributed by atoms with van der Waals surface area (Å²) in [6.07, 6.45) is 6.40. The van der Waals surface area contributed by atoms with Crippen LogP contribution in [0, 0.1) is 11.8 Å². The smallest absolute Gasteiger partial charge is 0.117 e. The van der Waals surface area contributed by atoms with Gasteiger partial charge in [0.15, 0.2) is 0 Å². The standard InChI is InChI=1S/C11H20O/c1-4-6-7-8-10-11(12-3)9-5-2/h11H,4,6-8,10H2,1-3H3. The summed E-state index contributed by atoms with van der Waals surface area (Å²) < 4.78 is 5.20. The van der Waals surface area contributed by atoms with E-state index in [1.165, 1.54) is 25.7 Å². The fraction of sp³-hybridized carbons (Fsp3) is 0.818. The minimum Gasteiger partial charge on any atom is -0.369 e. The van der Waals surface area contributed by atoms with E-state index in [2.05, 4.69) is 18.8 Å². The molecule has 1 nitrogen and oxygen atoms in total. The number of ether oxygens (including phenoxy) is 1. The summed E-state index contributed by atoms with van der Waals surface area (Å²) in [7, 11) is 1.73. The highest BCUT2D eigenvalue weighted by atomic mass is 16.5. The van der Waals surface area contributed by atoms with E-state index in [4.69, 9.17) is 4.74 Å². The van der Waals surface area contributed by atoms with Crippen molar-refractivity contribution >= 4 is 0 Å². The summed E-state index contributed by atoms with van der Waals surface area (Å²) in [6, 6.07) is 0. The van der Waals surface area contributed by atoms with Gasteiger partial charge in [-0.05, 0) is 19.8 Å². The van der Waals surface area contributed by atoms with Crippen LogP contribution in [0.25, 0.3) is 0 Å². The number of hydrogen-bond donors (Lipinski definition) is 0. The van der Waals surface area contributed by atoms with E-state index >= 15 is 0 Å². The summed E-state index contributed by atoms with van der Waals surface area (Å²) in [5.41, 5.74) is 0. The Labute approximate surface area is 76.5 Å². The Morgan fingerprint density at radius 1 is 1.25 bits per heavy atom. The average Bonchev–Trinajstić information content (AvgIpc) is 2.10. The Morgan fingerprint density at radius 2 is 2.00 bits per heavy atom. The highest BCUT2D eigenvalue weighted by Gasteiger charge is 2.00. The van der Waals surface area contributed by atoms with Crippen LogP contribution in [0.15, 0.2) is 0 Å². The molecule has 0 N–H and O–H groups in total. The van der Waals surface area contributed by atoms with E-state index in [1.54, 1.807) is 7.11 Å². The Hall–Kier alpha value is -0.480. The molecule has 0 rings (SSSR count). The predicted octanol–water partition coefficient (Wildman–Crippen LogP) is 3.00.